The molecule has 0 unspecified atom stereocenters. The van der Waals surface area contributed by atoms with Crippen molar-refractivity contribution < 1.29 is 27.9 Å². The Morgan fingerprint density at radius 1 is 1.00 bits per heavy atom. The van der Waals surface area contributed by atoms with Crippen molar-refractivity contribution in [1.29, 1.82) is 0 Å². The van der Waals surface area contributed by atoms with Gasteiger partial charge in [-0.25, -0.2) is 17.9 Å². The van der Waals surface area contributed by atoms with E-state index < -0.39 is 28.0 Å². The van der Waals surface area contributed by atoms with Gasteiger partial charge in [-0.15, -0.1) is 0 Å². The molecule has 2 rings (SSSR count). The van der Waals surface area contributed by atoms with Crippen molar-refractivity contribution in [3.8, 4) is 0 Å². The number of carbonyl (C=O) groups excluding carboxylic acids is 2. The summed E-state index contributed by atoms with van der Waals surface area (Å²) in [6, 6.07) is 11.6. The molecule has 9 heteroatoms. The van der Waals surface area contributed by atoms with E-state index in [1.807, 2.05) is 0 Å². The van der Waals surface area contributed by atoms with Gasteiger partial charge >= 0.3 is 5.97 Å². The Kier molecular flexibility index (Phi) is 7.49. The number of ether oxygens (including phenoxy) is 1. The van der Waals surface area contributed by atoms with Crippen LogP contribution in [0.4, 0.5) is 5.69 Å². The Bertz CT molecular complexity index is 953. The fourth-order valence-electron chi connectivity index (χ4n) is 2.37. The van der Waals surface area contributed by atoms with Gasteiger partial charge in [-0.3, -0.25) is 4.79 Å². The maximum Gasteiger partial charge on any atom is 0.338 e. The predicted octanol–water partition coefficient (Wildman–Crippen LogP) is 2.05. The molecule has 156 valence electrons. The first kappa shape index (κ1) is 22.5. The highest BCUT2D eigenvalue weighted by molar-refractivity contribution is 7.89. The molecule has 0 bridgehead atoms. The Hall–Kier alpha value is -2.75. The van der Waals surface area contributed by atoms with Crippen molar-refractivity contribution >= 4 is 27.6 Å². The van der Waals surface area contributed by atoms with Gasteiger partial charge in [-0.05, 0) is 62.7 Å². The van der Waals surface area contributed by atoms with Crippen molar-refractivity contribution in [2.45, 2.75) is 44.4 Å². The van der Waals surface area contributed by atoms with E-state index in [0.717, 1.165) is 0 Å². The third kappa shape index (κ3) is 6.38. The lowest BCUT2D eigenvalue weighted by molar-refractivity contribution is -0.123. The first-order chi connectivity index (χ1) is 13.6. The summed E-state index contributed by atoms with van der Waals surface area (Å²) in [4.78, 5) is 24.5. The number of rotatable bonds is 8. The third-order valence-electron chi connectivity index (χ3n) is 3.85. The third-order valence-corrected chi connectivity index (χ3v) is 5.52. The molecule has 0 fully saturated rings. The summed E-state index contributed by atoms with van der Waals surface area (Å²) in [6.07, 6.45) is -1.06. The number of anilines is 1. The van der Waals surface area contributed by atoms with Gasteiger partial charge in [0.05, 0.1) is 17.1 Å². The van der Waals surface area contributed by atoms with Crippen LogP contribution < -0.4 is 10.0 Å². The smallest absolute Gasteiger partial charge is 0.338 e. The molecule has 3 N–H and O–H groups in total. The van der Waals surface area contributed by atoms with E-state index in [4.69, 9.17) is 9.84 Å². The van der Waals surface area contributed by atoms with Crippen molar-refractivity contribution in [3.63, 3.8) is 0 Å². The van der Waals surface area contributed by atoms with Gasteiger partial charge in [-0.2, -0.15) is 0 Å². The minimum atomic E-state index is -3.62. The summed E-state index contributed by atoms with van der Waals surface area (Å²) in [6.45, 7) is 4.73. The van der Waals surface area contributed by atoms with E-state index in [0.29, 0.717) is 11.3 Å². The molecule has 2 aromatic rings. The first-order valence-corrected chi connectivity index (χ1v) is 10.4. The van der Waals surface area contributed by atoms with Gasteiger partial charge in [0.1, 0.15) is 0 Å². The van der Waals surface area contributed by atoms with E-state index in [1.165, 1.54) is 43.3 Å². The fraction of sp³-hybridized carbons (Fsp3) is 0.300. The summed E-state index contributed by atoms with van der Waals surface area (Å²) >= 11 is 0. The van der Waals surface area contributed by atoms with E-state index in [9.17, 15) is 18.0 Å². The zero-order valence-electron chi connectivity index (χ0n) is 16.4. The summed E-state index contributed by atoms with van der Waals surface area (Å²) in [7, 11) is -3.62. The number of nitrogens with one attached hydrogen (secondary N) is 2. The molecule has 0 radical (unpaired) electrons. The lowest BCUT2D eigenvalue weighted by Gasteiger charge is -2.14. The molecule has 2 aromatic carbocycles. The number of hydrogen-bond donors (Lipinski definition) is 3. The highest BCUT2D eigenvalue weighted by Crippen LogP contribution is 2.15. The van der Waals surface area contributed by atoms with E-state index in [2.05, 4.69) is 10.0 Å². The number of aliphatic hydroxyl groups excluding tert-OH is 1. The number of sulfonamides is 1. The Balaban J connectivity index is 1.97. The highest BCUT2D eigenvalue weighted by atomic mass is 32.2. The molecule has 1 amide bonds. The van der Waals surface area contributed by atoms with Crippen LogP contribution in [-0.2, 0) is 26.2 Å². The average Bonchev–Trinajstić information content (AvgIpc) is 2.67. The molecule has 0 aromatic heterocycles. The Morgan fingerprint density at radius 2 is 1.59 bits per heavy atom. The number of benzene rings is 2. The standard InChI is InChI=1S/C20H24N2O6S/c1-13(2)22-29(26,27)18-10-8-17(9-11-18)21-19(24)14(3)28-20(25)16-6-4-15(12-23)5-7-16/h4-11,13-14,22-23H,12H2,1-3H3,(H,21,24)/t14-/m0/s1. The van der Waals surface area contributed by atoms with Crippen molar-refractivity contribution in [3.05, 3.63) is 59.7 Å². The highest BCUT2D eigenvalue weighted by Gasteiger charge is 2.20. The minimum Gasteiger partial charge on any atom is -0.449 e. The van der Waals surface area contributed by atoms with Crippen molar-refractivity contribution in [2.75, 3.05) is 5.32 Å². The van der Waals surface area contributed by atoms with Crippen molar-refractivity contribution in [1.82, 2.24) is 4.72 Å². The second-order valence-corrected chi connectivity index (χ2v) is 8.41. The maximum absolute atomic E-state index is 12.3. The monoisotopic (exact) mass is 420 g/mol. The lowest BCUT2D eigenvalue weighted by Crippen LogP contribution is -2.30. The normalized spacial score (nSPS) is 12.4. The van der Waals surface area contributed by atoms with Gasteiger partial charge < -0.3 is 15.2 Å². The largest absolute Gasteiger partial charge is 0.449 e. The molecule has 8 nitrogen and oxygen atoms in total. The fourth-order valence-corrected chi connectivity index (χ4v) is 3.62. The topological polar surface area (TPSA) is 122 Å². The summed E-state index contributed by atoms with van der Waals surface area (Å²) in [5.41, 5.74) is 1.28. The lowest BCUT2D eigenvalue weighted by atomic mass is 10.1. The number of hydrogen-bond acceptors (Lipinski definition) is 6. The molecule has 1 atom stereocenters. The Morgan fingerprint density at radius 3 is 2.10 bits per heavy atom. The summed E-state index contributed by atoms with van der Waals surface area (Å²) in [5.74, 6) is -1.22. The molecular formula is C20H24N2O6S. The molecule has 0 saturated heterocycles. The van der Waals surface area contributed by atoms with E-state index in [-0.39, 0.29) is 23.1 Å². The van der Waals surface area contributed by atoms with Gasteiger partial charge in [0.25, 0.3) is 5.91 Å². The van der Waals surface area contributed by atoms with Crippen molar-refractivity contribution in [2.24, 2.45) is 0 Å². The molecular weight excluding hydrogens is 396 g/mol. The zero-order valence-corrected chi connectivity index (χ0v) is 17.2. The van der Waals surface area contributed by atoms with Crippen LogP contribution in [0.3, 0.4) is 0 Å². The second-order valence-electron chi connectivity index (χ2n) is 6.69. The van der Waals surface area contributed by atoms with Gasteiger partial charge in [0.2, 0.25) is 10.0 Å². The molecule has 0 aliphatic carbocycles. The van der Waals surface area contributed by atoms with E-state index in [1.54, 1.807) is 26.0 Å². The van der Waals surface area contributed by atoms with E-state index >= 15 is 0 Å². The van der Waals surface area contributed by atoms with Crippen LogP contribution in [0.5, 0.6) is 0 Å². The molecule has 0 spiro atoms. The van der Waals surface area contributed by atoms with Gasteiger partial charge in [0.15, 0.2) is 6.10 Å². The number of aliphatic hydroxyl groups is 1. The van der Waals surface area contributed by atoms with Crippen LogP contribution in [0.25, 0.3) is 0 Å². The van der Waals surface area contributed by atoms with Crippen LogP contribution in [0, 0.1) is 0 Å². The quantitative estimate of drug-likeness (QED) is 0.562. The molecule has 0 aliphatic heterocycles. The Labute approximate surface area is 169 Å². The average molecular weight is 420 g/mol. The second kappa shape index (κ2) is 9.64. The molecule has 0 saturated carbocycles. The summed E-state index contributed by atoms with van der Waals surface area (Å²) in [5, 5.41) is 11.6. The zero-order chi connectivity index (χ0) is 21.6. The van der Waals surface area contributed by atoms with Crippen LogP contribution in [0.1, 0.15) is 36.7 Å². The molecule has 0 heterocycles. The molecule has 0 aliphatic rings. The summed E-state index contributed by atoms with van der Waals surface area (Å²) < 4.78 is 31.8. The van der Waals surface area contributed by atoms with Crippen LogP contribution >= 0.6 is 0 Å². The van der Waals surface area contributed by atoms with Gasteiger partial charge in [-0.1, -0.05) is 12.1 Å². The maximum atomic E-state index is 12.3. The van der Waals surface area contributed by atoms with Gasteiger partial charge in [0, 0.05) is 11.7 Å². The number of carbonyl (C=O) groups is 2. The minimum absolute atomic E-state index is 0.0787. The van der Waals surface area contributed by atoms with Crippen LogP contribution in [-0.4, -0.2) is 37.5 Å². The SMILES string of the molecule is CC(C)NS(=O)(=O)c1ccc(NC(=O)[C@H](C)OC(=O)c2ccc(CO)cc2)cc1. The number of amides is 1. The predicted molar refractivity (Wildman–Crippen MR) is 108 cm³/mol. The van der Waals surface area contributed by atoms with Crippen LogP contribution in [0.15, 0.2) is 53.4 Å². The first-order valence-electron chi connectivity index (χ1n) is 8.96. The molecule has 29 heavy (non-hydrogen) atoms. The van der Waals surface area contributed by atoms with Crippen LogP contribution in [0.2, 0.25) is 0 Å². The number of esters is 1.